The minimum absolute atomic E-state index is 0.230. The highest BCUT2D eigenvalue weighted by molar-refractivity contribution is 7.14. The Morgan fingerprint density at radius 2 is 2.19 bits per heavy atom. The van der Waals surface area contributed by atoms with Gasteiger partial charge >= 0.3 is 0 Å². The van der Waals surface area contributed by atoms with Crippen LogP contribution in [-0.2, 0) is 6.42 Å². The Balaban J connectivity index is 2.35. The first-order valence-electron chi connectivity index (χ1n) is 4.85. The van der Waals surface area contributed by atoms with Crippen LogP contribution in [0.3, 0.4) is 0 Å². The van der Waals surface area contributed by atoms with Gasteiger partial charge in [0.2, 0.25) is 0 Å². The normalized spacial score (nSPS) is 10.7. The van der Waals surface area contributed by atoms with Gasteiger partial charge in [-0.15, -0.1) is 21.8 Å². The van der Waals surface area contributed by atoms with E-state index in [1.165, 1.54) is 23.5 Å². The van der Waals surface area contributed by atoms with E-state index in [4.69, 9.17) is 11.6 Å². The minimum atomic E-state index is -0.230. The molecule has 0 radical (unpaired) electrons. The molecule has 0 aliphatic carbocycles. The number of hydrogen-bond acceptors (Lipinski definition) is 3. The number of rotatable bonds is 3. The van der Waals surface area contributed by atoms with Crippen molar-refractivity contribution in [3.8, 4) is 10.6 Å². The van der Waals surface area contributed by atoms with Gasteiger partial charge in [-0.25, -0.2) is 4.39 Å². The molecule has 0 unspecified atom stereocenters. The van der Waals surface area contributed by atoms with E-state index >= 15 is 0 Å². The van der Waals surface area contributed by atoms with Crippen LogP contribution in [0.2, 0.25) is 0 Å². The van der Waals surface area contributed by atoms with Gasteiger partial charge in [-0.3, -0.25) is 0 Å². The SMILES string of the molecule is Cc1cc(F)ccc1-c1nnc(CCCl)s1. The topological polar surface area (TPSA) is 25.8 Å². The third kappa shape index (κ3) is 2.39. The summed E-state index contributed by atoms with van der Waals surface area (Å²) in [7, 11) is 0. The monoisotopic (exact) mass is 256 g/mol. The molecule has 0 saturated carbocycles. The van der Waals surface area contributed by atoms with Crippen molar-refractivity contribution in [2.24, 2.45) is 0 Å². The van der Waals surface area contributed by atoms with Crippen molar-refractivity contribution in [1.29, 1.82) is 0 Å². The van der Waals surface area contributed by atoms with Crippen LogP contribution in [0.25, 0.3) is 10.6 Å². The fourth-order valence-corrected chi connectivity index (χ4v) is 2.63. The highest BCUT2D eigenvalue weighted by Crippen LogP contribution is 2.27. The van der Waals surface area contributed by atoms with Gasteiger partial charge in [0.1, 0.15) is 15.8 Å². The van der Waals surface area contributed by atoms with E-state index in [1.807, 2.05) is 6.92 Å². The second-order valence-electron chi connectivity index (χ2n) is 3.40. The Kier molecular flexibility index (Phi) is 3.51. The Labute approximate surface area is 102 Å². The van der Waals surface area contributed by atoms with Crippen LogP contribution >= 0.6 is 22.9 Å². The molecule has 0 fully saturated rings. The quantitative estimate of drug-likeness (QED) is 0.787. The fraction of sp³-hybridized carbons (Fsp3) is 0.273. The summed E-state index contributed by atoms with van der Waals surface area (Å²) < 4.78 is 12.9. The molecule has 1 aromatic heterocycles. The standard InChI is InChI=1S/C11H10ClFN2S/c1-7-6-8(13)2-3-9(7)11-15-14-10(16-11)4-5-12/h2-3,6H,4-5H2,1H3. The van der Waals surface area contributed by atoms with E-state index in [0.717, 1.165) is 27.6 Å². The summed E-state index contributed by atoms with van der Waals surface area (Å²) in [4.78, 5) is 0. The average molecular weight is 257 g/mol. The van der Waals surface area contributed by atoms with Crippen molar-refractivity contribution in [1.82, 2.24) is 10.2 Å². The molecular formula is C11H10ClFN2S. The molecule has 0 amide bonds. The smallest absolute Gasteiger partial charge is 0.148 e. The van der Waals surface area contributed by atoms with Crippen LogP contribution in [0, 0.1) is 12.7 Å². The summed E-state index contributed by atoms with van der Waals surface area (Å²) in [6, 6.07) is 4.67. The van der Waals surface area contributed by atoms with Crippen LogP contribution in [0.4, 0.5) is 4.39 Å². The van der Waals surface area contributed by atoms with Crippen molar-refractivity contribution < 1.29 is 4.39 Å². The van der Waals surface area contributed by atoms with Crippen molar-refractivity contribution in [3.63, 3.8) is 0 Å². The molecule has 2 nitrogen and oxygen atoms in total. The Hall–Kier alpha value is -1.00. The molecule has 5 heteroatoms. The molecule has 0 aliphatic rings. The summed E-state index contributed by atoms with van der Waals surface area (Å²) in [6.07, 6.45) is 0.722. The number of aryl methyl sites for hydroxylation is 2. The lowest BCUT2D eigenvalue weighted by atomic mass is 10.1. The molecule has 0 spiro atoms. The van der Waals surface area contributed by atoms with Crippen molar-refractivity contribution in [2.45, 2.75) is 13.3 Å². The summed E-state index contributed by atoms with van der Waals surface area (Å²) in [5.41, 5.74) is 1.80. The minimum Gasteiger partial charge on any atom is -0.207 e. The van der Waals surface area contributed by atoms with Gasteiger partial charge in [0.25, 0.3) is 0 Å². The zero-order valence-electron chi connectivity index (χ0n) is 8.70. The number of benzene rings is 1. The van der Waals surface area contributed by atoms with E-state index in [9.17, 15) is 4.39 Å². The van der Waals surface area contributed by atoms with Crippen LogP contribution in [0.1, 0.15) is 10.6 Å². The predicted molar refractivity (Wildman–Crippen MR) is 64.5 cm³/mol. The van der Waals surface area contributed by atoms with Crippen molar-refractivity contribution >= 4 is 22.9 Å². The van der Waals surface area contributed by atoms with Crippen LogP contribution < -0.4 is 0 Å². The zero-order valence-corrected chi connectivity index (χ0v) is 10.3. The van der Waals surface area contributed by atoms with Crippen LogP contribution in [-0.4, -0.2) is 16.1 Å². The molecule has 2 rings (SSSR count). The Morgan fingerprint density at radius 3 is 2.88 bits per heavy atom. The number of aromatic nitrogens is 2. The highest BCUT2D eigenvalue weighted by atomic mass is 35.5. The van der Waals surface area contributed by atoms with Crippen molar-refractivity contribution in [3.05, 3.63) is 34.6 Å². The molecule has 2 aromatic rings. The van der Waals surface area contributed by atoms with E-state index in [-0.39, 0.29) is 5.82 Å². The fourth-order valence-electron chi connectivity index (χ4n) is 1.41. The molecule has 84 valence electrons. The second-order valence-corrected chi connectivity index (χ2v) is 4.84. The van der Waals surface area contributed by atoms with Crippen molar-refractivity contribution in [2.75, 3.05) is 5.88 Å². The summed E-state index contributed by atoms with van der Waals surface area (Å²) >= 11 is 7.13. The number of hydrogen-bond donors (Lipinski definition) is 0. The molecule has 16 heavy (non-hydrogen) atoms. The largest absolute Gasteiger partial charge is 0.207 e. The van der Waals surface area contributed by atoms with E-state index in [2.05, 4.69) is 10.2 Å². The van der Waals surface area contributed by atoms with Crippen LogP contribution in [0.5, 0.6) is 0 Å². The lowest BCUT2D eigenvalue weighted by molar-refractivity contribution is 0.627. The molecular weight excluding hydrogens is 247 g/mol. The predicted octanol–water partition coefficient (Wildman–Crippen LogP) is 3.43. The summed E-state index contributed by atoms with van der Waals surface area (Å²) in [5.74, 6) is 0.309. The molecule has 0 saturated heterocycles. The van der Waals surface area contributed by atoms with Gasteiger partial charge in [-0.05, 0) is 30.7 Å². The van der Waals surface area contributed by atoms with E-state index in [1.54, 1.807) is 6.07 Å². The first-order chi connectivity index (χ1) is 7.70. The maximum absolute atomic E-state index is 12.9. The number of halogens is 2. The summed E-state index contributed by atoms with van der Waals surface area (Å²) in [6.45, 7) is 1.86. The molecule has 1 heterocycles. The number of nitrogens with zero attached hydrogens (tertiary/aromatic N) is 2. The maximum Gasteiger partial charge on any atom is 0.148 e. The van der Waals surface area contributed by atoms with Gasteiger partial charge in [0.15, 0.2) is 0 Å². The van der Waals surface area contributed by atoms with E-state index < -0.39 is 0 Å². The average Bonchev–Trinajstić information content (AvgIpc) is 2.67. The van der Waals surface area contributed by atoms with Crippen LogP contribution in [0.15, 0.2) is 18.2 Å². The highest BCUT2D eigenvalue weighted by Gasteiger charge is 2.09. The third-order valence-electron chi connectivity index (χ3n) is 2.19. The molecule has 0 aliphatic heterocycles. The lowest BCUT2D eigenvalue weighted by Gasteiger charge is -2.00. The first-order valence-corrected chi connectivity index (χ1v) is 6.20. The lowest BCUT2D eigenvalue weighted by Crippen LogP contribution is -1.84. The zero-order chi connectivity index (χ0) is 11.5. The second kappa shape index (κ2) is 4.89. The maximum atomic E-state index is 12.9. The van der Waals surface area contributed by atoms with E-state index in [0.29, 0.717) is 5.88 Å². The molecule has 0 N–H and O–H groups in total. The van der Waals surface area contributed by atoms with Gasteiger partial charge in [-0.2, -0.15) is 0 Å². The molecule has 0 atom stereocenters. The van der Waals surface area contributed by atoms with Gasteiger partial charge in [0, 0.05) is 17.9 Å². The van der Waals surface area contributed by atoms with Gasteiger partial charge in [-0.1, -0.05) is 11.3 Å². The Morgan fingerprint density at radius 1 is 1.38 bits per heavy atom. The third-order valence-corrected chi connectivity index (χ3v) is 3.40. The number of alkyl halides is 1. The Bertz CT molecular complexity index is 498. The van der Waals surface area contributed by atoms with Gasteiger partial charge in [0.05, 0.1) is 0 Å². The molecule has 1 aromatic carbocycles. The first kappa shape index (κ1) is 11.5. The van der Waals surface area contributed by atoms with Gasteiger partial charge < -0.3 is 0 Å². The summed E-state index contributed by atoms with van der Waals surface area (Å²) in [5, 5.41) is 9.85. The molecule has 0 bridgehead atoms.